The quantitative estimate of drug-likeness (QED) is 0.621. The molecule has 0 aliphatic carbocycles. The van der Waals surface area contributed by atoms with E-state index in [4.69, 9.17) is 4.74 Å². The molecule has 0 saturated heterocycles. The number of esters is 1. The van der Waals surface area contributed by atoms with E-state index in [1.165, 1.54) is 0 Å². The Kier molecular flexibility index (Phi) is 3.48. The summed E-state index contributed by atoms with van der Waals surface area (Å²) in [6.07, 6.45) is 1.72. The molecule has 1 heterocycles. The third kappa shape index (κ3) is 2.70. The van der Waals surface area contributed by atoms with Crippen LogP contribution in [0.5, 0.6) is 0 Å². The Morgan fingerprint density at radius 2 is 1.85 bits per heavy atom. The van der Waals surface area contributed by atoms with E-state index in [9.17, 15) is 4.79 Å². The molecule has 0 atom stereocenters. The third-order valence-electron chi connectivity index (χ3n) is 2.80. The van der Waals surface area contributed by atoms with Crippen LogP contribution in [0.15, 0.2) is 69.8 Å². The molecule has 3 nitrogen and oxygen atoms in total. The Bertz CT molecular complexity index is 720. The van der Waals surface area contributed by atoms with Crippen molar-refractivity contribution in [1.82, 2.24) is 0 Å². The molecular formula is C16H10BrNO2. The van der Waals surface area contributed by atoms with Gasteiger partial charge in [-0.25, -0.2) is 9.79 Å². The van der Waals surface area contributed by atoms with Crippen LogP contribution < -0.4 is 0 Å². The number of cyclic esters (lactones) is 1. The van der Waals surface area contributed by atoms with Gasteiger partial charge >= 0.3 is 5.97 Å². The van der Waals surface area contributed by atoms with Gasteiger partial charge in [-0.2, -0.15) is 0 Å². The number of rotatable bonds is 2. The normalized spacial score (nSPS) is 16.1. The van der Waals surface area contributed by atoms with Crippen LogP contribution in [-0.2, 0) is 9.53 Å². The van der Waals surface area contributed by atoms with Crippen LogP contribution in [0.1, 0.15) is 11.1 Å². The molecule has 98 valence electrons. The van der Waals surface area contributed by atoms with E-state index in [1.54, 1.807) is 6.08 Å². The summed E-state index contributed by atoms with van der Waals surface area (Å²) in [5.74, 6) is -0.0951. The topological polar surface area (TPSA) is 38.7 Å². The first-order chi connectivity index (χ1) is 9.72. The fraction of sp³-hybridized carbons (Fsp3) is 0. The lowest BCUT2D eigenvalue weighted by molar-refractivity contribution is -0.129. The molecule has 0 N–H and O–H groups in total. The minimum Gasteiger partial charge on any atom is -0.402 e. The van der Waals surface area contributed by atoms with Crippen LogP contribution in [0.25, 0.3) is 6.08 Å². The zero-order valence-electron chi connectivity index (χ0n) is 10.4. The maximum Gasteiger partial charge on any atom is 0.363 e. The number of benzene rings is 2. The van der Waals surface area contributed by atoms with Gasteiger partial charge in [0.15, 0.2) is 5.70 Å². The summed E-state index contributed by atoms with van der Waals surface area (Å²) >= 11 is 3.38. The van der Waals surface area contributed by atoms with Crippen LogP contribution in [0.3, 0.4) is 0 Å². The number of aliphatic imine (C=N–C) groups is 1. The fourth-order valence-corrected chi connectivity index (χ4v) is 2.26. The second-order valence-corrected chi connectivity index (χ2v) is 5.17. The molecule has 0 saturated carbocycles. The van der Waals surface area contributed by atoms with Crippen molar-refractivity contribution < 1.29 is 9.53 Å². The van der Waals surface area contributed by atoms with Crippen LogP contribution in [-0.4, -0.2) is 11.9 Å². The monoisotopic (exact) mass is 327 g/mol. The van der Waals surface area contributed by atoms with Gasteiger partial charge < -0.3 is 4.74 Å². The highest BCUT2D eigenvalue weighted by molar-refractivity contribution is 9.10. The van der Waals surface area contributed by atoms with Crippen molar-refractivity contribution >= 4 is 33.9 Å². The summed E-state index contributed by atoms with van der Waals surface area (Å²) in [5.41, 5.74) is 1.99. The van der Waals surface area contributed by atoms with Crippen LogP contribution in [0.2, 0.25) is 0 Å². The smallest absolute Gasteiger partial charge is 0.363 e. The molecule has 0 aromatic heterocycles. The molecule has 0 radical (unpaired) electrons. The molecular weight excluding hydrogens is 318 g/mol. The Labute approximate surface area is 124 Å². The highest BCUT2D eigenvalue weighted by Crippen LogP contribution is 2.20. The summed E-state index contributed by atoms with van der Waals surface area (Å²) < 4.78 is 6.12. The average molecular weight is 328 g/mol. The summed E-state index contributed by atoms with van der Waals surface area (Å²) in [4.78, 5) is 16.1. The number of halogens is 1. The first-order valence-electron chi connectivity index (χ1n) is 6.06. The second kappa shape index (κ2) is 5.43. The molecule has 0 fully saturated rings. The van der Waals surface area contributed by atoms with Crippen LogP contribution >= 0.6 is 15.9 Å². The predicted molar refractivity (Wildman–Crippen MR) is 81.2 cm³/mol. The minimum atomic E-state index is -0.427. The van der Waals surface area contributed by atoms with Gasteiger partial charge in [0.05, 0.1) is 0 Å². The van der Waals surface area contributed by atoms with Crippen molar-refractivity contribution in [3.05, 3.63) is 75.9 Å². The first kappa shape index (κ1) is 12.8. The van der Waals surface area contributed by atoms with Gasteiger partial charge in [0.1, 0.15) is 0 Å². The van der Waals surface area contributed by atoms with Crippen LogP contribution in [0.4, 0.5) is 0 Å². The highest BCUT2D eigenvalue weighted by atomic mass is 79.9. The molecule has 2 aromatic rings. The molecule has 20 heavy (non-hydrogen) atoms. The molecule has 0 bridgehead atoms. The number of hydrogen-bond donors (Lipinski definition) is 0. The van der Waals surface area contributed by atoms with Gasteiger partial charge in [-0.15, -0.1) is 0 Å². The van der Waals surface area contributed by atoms with Crippen molar-refractivity contribution in [2.45, 2.75) is 0 Å². The number of hydrogen-bond acceptors (Lipinski definition) is 3. The first-order valence-corrected chi connectivity index (χ1v) is 6.85. The SMILES string of the molecule is O=C1OC(c2cccc(Br)c2)=NC1=Cc1ccccc1. The van der Waals surface area contributed by atoms with Gasteiger partial charge in [0, 0.05) is 10.0 Å². The molecule has 0 amide bonds. The zero-order valence-corrected chi connectivity index (χ0v) is 12.0. The second-order valence-electron chi connectivity index (χ2n) is 4.26. The summed E-state index contributed by atoms with van der Waals surface area (Å²) in [6.45, 7) is 0. The lowest BCUT2D eigenvalue weighted by atomic mass is 10.2. The van der Waals surface area contributed by atoms with Crippen molar-refractivity contribution in [1.29, 1.82) is 0 Å². The van der Waals surface area contributed by atoms with Crippen molar-refractivity contribution in [3.8, 4) is 0 Å². The van der Waals surface area contributed by atoms with Gasteiger partial charge in [0.25, 0.3) is 0 Å². The number of ether oxygens (including phenoxy) is 1. The minimum absolute atomic E-state index is 0.311. The number of carbonyl (C=O) groups excluding carboxylic acids is 1. The van der Waals surface area contributed by atoms with E-state index in [1.807, 2.05) is 54.6 Å². The van der Waals surface area contributed by atoms with Gasteiger partial charge in [0.2, 0.25) is 5.90 Å². The Balaban J connectivity index is 1.95. The molecule has 2 aromatic carbocycles. The van der Waals surface area contributed by atoms with Gasteiger partial charge in [-0.1, -0.05) is 52.3 Å². The predicted octanol–water partition coefficient (Wildman–Crippen LogP) is 3.79. The summed E-state index contributed by atoms with van der Waals surface area (Å²) in [5, 5.41) is 0. The third-order valence-corrected chi connectivity index (χ3v) is 3.29. The fourth-order valence-electron chi connectivity index (χ4n) is 1.86. The van der Waals surface area contributed by atoms with E-state index < -0.39 is 5.97 Å². The molecule has 4 heteroatoms. The maximum atomic E-state index is 11.8. The van der Waals surface area contributed by atoms with E-state index in [0.29, 0.717) is 11.6 Å². The van der Waals surface area contributed by atoms with Gasteiger partial charge in [-0.05, 0) is 29.8 Å². The molecule has 1 aliphatic heterocycles. The van der Waals surface area contributed by atoms with Crippen LogP contribution in [0, 0.1) is 0 Å². The Morgan fingerprint density at radius 3 is 2.60 bits per heavy atom. The summed E-state index contributed by atoms with van der Waals surface area (Å²) in [6, 6.07) is 17.0. The standard InChI is InChI=1S/C16H10BrNO2/c17-13-8-4-7-12(10-13)15-18-14(16(19)20-15)9-11-5-2-1-3-6-11/h1-10H. The van der Waals surface area contributed by atoms with E-state index in [0.717, 1.165) is 15.6 Å². The summed E-state index contributed by atoms with van der Waals surface area (Å²) in [7, 11) is 0. The van der Waals surface area contributed by atoms with E-state index >= 15 is 0 Å². The zero-order chi connectivity index (χ0) is 13.9. The van der Waals surface area contributed by atoms with E-state index in [-0.39, 0.29) is 0 Å². The lowest BCUT2D eigenvalue weighted by Gasteiger charge is -1.99. The molecule has 0 spiro atoms. The number of carbonyl (C=O) groups is 1. The number of nitrogens with zero attached hydrogens (tertiary/aromatic N) is 1. The molecule has 3 rings (SSSR count). The Morgan fingerprint density at radius 1 is 1.05 bits per heavy atom. The Hall–Kier alpha value is -2.20. The molecule has 1 aliphatic rings. The van der Waals surface area contributed by atoms with Gasteiger partial charge in [-0.3, -0.25) is 0 Å². The average Bonchev–Trinajstić information content (AvgIpc) is 2.81. The van der Waals surface area contributed by atoms with E-state index in [2.05, 4.69) is 20.9 Å². The van der Waals surface area contributed by atoms with Crippen molar-refractivity contribution in [2.75, 3.05) is 0 Å². The van der Waals surface area contributed by atoms with Crippen molar-refractivity contribution in [2.24, 2.45) is 4.99 Å². The molecule has 0 unspecified atom stereocenters. The largest absolute Gasteiger partial charge is 0.402 e. The lowest BCUT2D eigenvalue weighted by Crippen LogP contribution is -2.05. The van der Waals surface area contributed by atoms with Crippen molar-refractivity contribution in [3.63, 3.8) is 0 Å². The maximum absolute atomic E-state index is 11.8. The highest BCUT2D eigenvalue weighted by Gasteiger charge is 2.24.